The summed E-state index contributed by atoms with van der Waals surface area (Å²) < 4.78 is 2.20. The normalized spacial score (nSPS) is 11.4. The number of rotatable bonds is 4. The summed E-state index contributed by atoms with van der Waals surface area (Å²) in [4.78, 5) is 14.2. The van der Waals surface area contributed by atoms with Crippen LogP contribution in [0.3, 0.4) is 0 Å². The first-order valence-corrected chi connectivity index (χ1v) is 9.97. The number of benzene rings is 2. The number of fused-ring (bicyclic) bond motifs is 2. The summed E-state index contributed by atoms with van der Waals surface area (Å²) in [7, 11) is 4.11. The van der Waals surface area contributed by atoms with Gasteiger partial charge in [-0.1, -0.05) is 6.07 Å². The molecule has 0 atom stereocenters. The minimum Gasteiger partial charge on any atom is -0.368 e. The van der Waals surface area contributed by atoms with E-state index in [1.165, 1.54) is 27.5 Å². The van der Waals surface area contributed by atoms with Gasteiger partial charge in [0.25, 0.3) is 0 Å². The molecule has 0 saturated heterocycles. The van der Waals surface area contributed by atoms with Crippen LogP contribution in [0.25, 0.3) is 21.8 Å². The van der Waals surface area contributed by atoms with E-state index < -0.39 is 0 Å². The largest absolute Gasteiger partial charge is 0.368 e. The lowest BCUT2D eigenvalue weighted by atomic mass is 10.0. The van der Waals surface area contributed by atoms with Crippen LogP contribution in [-0.4, -0.2) is 26.6 Å². The van der Waals surface area contributed by atoms with Crippen LogP contribution in [0.5, 0.6) is 0 Å². The minimum absolute atomic E-state index is 0.276. The van der Waals surface area contributed by atoms with Gasteiger partial charge in [0, 0.05) is 66.3 Å². The van der Waals surface area contributed by atoms with Crippen molar-refractivity contribution in [2.75, 3.05) is 17.7 Å². The summed E-state index contributed by atoms with van der Waals surface area (Å²) >= 11 is 0. The van der Waals surface area contributed by atoms with Crippen LogP contribution in [0.4, 0.5) is 17.5 Å². The molecular formula is C24H24N6. The van der Waals surface area contributed by atoms with Crippen LogP contribution >= 0.6 is 0 Å². The zero-order valence-electron chi connectivity index (χ0n) is 17.3. The molecule has 5 aromatic rings. The van der Waals surface area contributed by atoms with Crippen molar-refractivity contribution < 1.29 is 0 Å². The average Bonchev–Trinajstić information content (AvgIpc) is 3.32. The molecule has 0 aliphatic rings. The molecule has 0 amide bonds. The average molecular weight is 396 g/mol. The topological polar surface area (TPSA) is 75.8 Å². The third kappa shape index (κ3) is 3.06. The molecule has 6 nitrogen and oxygen atoms in total. The molecule has 30 heavy (non-hydrogen) atoms. The molecule has 2 aromatic carbocycles. The second kappa shape index (κ2) is 6.91. The Labute approximate surface area is 175 Å². The molecular weight excluding hydrogens is 372 g/mol. The summed E-state index contributed by atoms with van der Waals surface area (Å²) in [5.74, 6) is 1.10. The molecule has 0 aliphatic heterocycles. The van der Waals surface area contributed by atoms with Crippen molar-refractivity contribution in [3.8, 4) is 0 Å². The monoisotopic (exact) mass is 396 g/mol. The highest BCUT2D eigenvalue weighted by molar-refractivity contribution is 5.86. The Balaban J connectivity index is 1.53. The van der Waals surface area contributed by atoms with Crippen LogP contribution in [0.1, 0.15) is 16.8 Å². The molecule has 150 valence electrons. The summed E-state index contributed by atoms with van der Waals surface area (Å²) in [6.07, 6.45) is 4.52. The number of nitrogens with one attached hydrogen (secondary N) is 1. The second-order valence-electron chi connectivity index (χ2n) is 7.80. The number of aromatic nitrogens is 4. The molecule has 3 heterocycles. The van der Waals surface area contributed by atoms with Gasteiger partial charge in [-0.2, -0.15) is 4.98 Å². The molecule has 0 radical (unpaired) electrons. The van der Waals surface area contributed by atoms with Gasteiger partial charge in [-0.15, -0.1) is 0 Å². The maximum Gasteiger partial charge on any atom is 0.221 e. The van der Waals surface area contributed by atoms with Gasteiger partial charge in [0.1, 0.15) is 5.82 Å². The Bertz CT molecular complexity index is 1380. The number of aryl methyl sites for hydroxylation is 2. The van der Waals surface area contributed by atoms with Gasteiger partial charge in [0.2, 0.25) is 5.95 Å². The first kappa shape index (κ1) is 18.2. The van der Waals surface area contributed by atoms with Crippen molar-refractivity contribution >= 4 is 39.3 Å². The highest BCUT2D eigenvalue weighted by Gasteiger charge is 2.15. The molecule has 3 N–H and O–H groups in total. The van der Waals surface area contributed by atoms with Crippen LogP contribution < -0.4 is 10.6 Å². The Morgan fingerprint density at radius 1 is 1.07 bits per heavy atom. The summed E-state index contributed by atoms with van der Waals surface area (Å²) in [6, 6.07) is 17.2. The number of H-pyrrole nitrogens is 1. The number of hydrogen-bond donors (Lipinski definition) is 2. The van der Waals surface area contributed by atoms with Crippen molar-refractivity contribution in [3.05, 3.63) is 77.7 Å². The summed E-state index contributed by atoms with van der Waals surface area (Å²) in [6.45, 7) is 2.12. The third-order valence-corrected chi connectivity index (χ3v) is 5.84. The second-order valence-corrected chi connectivity index (χ2v) is 7.80. The number of nitrogens with two attached hydrogens (primary N) is 1. The molecule has 3 aromatic heterocycles. The standard InChI is InChI=1S/C24H24N6/c1-15-10-18-13-20(5-7-22(18)29(15)2)30(3)23-19(14-27-24(25)28-23)12-16-4-6-21-17(11-16)8-9-26-21/h4-11,13-14,26H,12H2,1-3H3,(H2,25,27,28). The lowest BCUT2D eigenvalue weighted by molar-refractivity contribution is 0.918. The smallest absolute Gasteiger partial charge is 0.221 e. The maximum atomic E-state index is 5.95. The summed E-state index contributed by atoms with van der Waals surface area (Å²) in [5.41, 5.74) is 12.8. The first-order chi connectivity index (χ1) is 14.5. The van der Waals surface area contributed by atoms with Gasteiger partial charge >= 0.3 is 0 Å². The zero-order valence-corrected chi connectivity index (χ0v) is 17.3. The lowest BCUT2D eigenvalue weighted by Crippen LogP contribution is -2.15. The first-order valence-electron chi connectivity index (χ1n) is 9.97. The number of nitrogen functional groups attached to an aromatic ring is 1. The fourth-order valence-electron chi connectivity index (χ4n) is 4.06. The van der Waals surface area contributed by atoms with Crippen LogP contribution in [0, 0.1) is 6.92 Å². The fraction of sp³-hybridized carbons (Fsp3) is 0.167. The fourth-order valence-corrected chi connectivity index (χ4v) is 4.06. The van der Waals surface area contributed by atoms with E-state index in [1.54, 1.807) is 0 Å². The van der Waals surface area contributed by atoms with Crippen LogP contribution in [0.15, 0.2) is 60.9 Å². The number of aromatic amines is 1. The van der Waals surface area contributed by atoms with Crippen molar-refractivity contribution in [2.45, 2.75) is 13.3 Å². The Hall–Kier alpha value is -3.80. The number of anilines is 3. The van der Waals surface area contributed by atoms with E-state index in [1.807, 2.05) is 19.4 Å². The van der Waals surface area contributed by atoms with Gasteiger partial charge in [0.05, 0.1) is 0 Å². The van der Waals surface area contributed by atoms with Gasteiger partial charge in [-0.3, -0.25) is 0 Å². The molecule has 6 heteroatoms. The quantitative estimate of drug-likeness (QED) is 0.462. The van der Waals surface area contributed by atoms with Gasteiger partial charge in [-0.25, -0.2) is 4.98 Å². The Morgan fingerprint density at radius 2 is 1.93 bits per heavy atom. The highest BCUT2D eigenvalue weighted by atomic mass is 15.2. The van der Waals surface area contributed by atoms with Gasteiger partial charge < -0.3 is 20.2 Å². The molecule has 0 bridgehead atoms. The summed E-state index contributed by atoms with van der Waals surface area (Å²) in [5, 5.41) is 2.41. The molecule has 0 fully saturated rings. The van der Waals surface area contributed by atoms with E-state index in [4.69, 9.17) is 5.73 Å². The Morgan fingerprint density at radius 3 is 2.80 bits per heavy atom. The SMILES string of the molecule is Cc1cc2cc(N(C)c3nc(N)ncc3Cc3ccc4[nH]ccc4c3)ccc2n1C. The predicted octanol–water partition coefficient (Wildman–Crippen LogP) is 4.70. The maximum absolute atomic E-state index is 5.95. The van der Waals surface area contributed by atoms with Crippen molar-refractivity contribution in [2.24, 2.45) is 7.05 Å². The van der Waals surface area contributed by atoms with E-state index in [0.29, 0.717) is 0 Å². The molecule has 0 unspecified atom stereocenters. The molecule has 0 saturated carbocycles. The van der Waals surface area contributed by atoms with E-state index >= 15 is 0 Å². The lowest BCUT2D eigenvalue weighted by Gasteiger charge is -2.22. The third-order valence-electron chi connectivity index (χ3n) is 5.84. The predicted molar refractivity (Wildman–Crippen MR) is 123 cm³/mol. The van der Waals surface area contributed by atoms with E-state index in [9.17, 15) is 0 Å². The number of nitrogens with zero attached hydrogens (tertiary/aromatic N) is 4. The van der Waals surface area contributed by atoms with Crippen LogP contribution in [0.2, 0.25) is 0 Å². The molecule has 0 spiro atoms. The van der Waals surface area contributed by atoms with Crippen LogP contribution in [-0.2, 0) is 13.5 Å². The molecule has 0 aliphatic carbocycles. The van der Waals surface area contributed by atoms with E-state index in [0.717, 1.165) is 29.0 Å². The van der Waals surface area contributed by atoms with E-state index in [-0.39, 0.29) is 5.95 Å². The van der Waals surface area contributed by atoms with Gasteiger partial charge in [-0.05, 0) is 60.3 Å². The van der Waals surface area contributed by atoms with Crippen molar-refractivity contribution in [3.63, 3.8) is 0 Å². The van der Waals surface area contributed by atoms with Gasteiger partial charge in [0.15, 0.2) is 0 Å². The van der Waals surface area contributed by atoms with Crippen molar-refractivity contribution in [1.29, 1.82) is 0 Å². The molecule has 5 rings (SSSR count). The van der Waals surface area contributed by atoms with Crippen molar-refractivity contribution in [1.82, 2.24) is 19.5 Å². The number of hydrogen-bond acceptors (Lipinski definition) is 4. The highest BCUT2D eigenvalue weighted by Crippen LogP contribution is 2.31. The zero-order chi connectivity index (χ0) is 20.8. The minimum atomic E-state index is 0.276. The Kier molecular flexibility index (Phi) is 4.20. The van der Waals surface area contributed by atoms with E-state index in [2.05, 4.69) is 86.9 Å².